The standard InChI is InChI=1S/C28H55N7O5/c1-10-15-35(16-11-2)17-14-30-22(36)12-13-31-25(39)27(5,6)34-26(40)28(7,8)33-24(38)21(18-20(3)4)32-23(37)19-29-9/h20-21,29H,10-19H2,1-9H3,(H,30,36)(H,31,39)(H,32,37)(H,33,38)(H,34,40). The van der Waals surface area contributed by atoms with Gasteiger partial charge in [0.1, 0.15) is 17.1 Å². The highest BCUT2D eigenvalue weighted by molar-refractivity contribution is 5.97. The molecule has 0 saturated carbocycles. The molecule has 232 valence electrons. The fourth-order valence-electron chi connectivity index (χ4n) is 3.98. The third kappa shape index (κ3) is 15.2. The summed E-state index contributed by atoms with van der Waals surface area (Å²) in [5.41, 5.74) is -2.66. The zero-order chi connectivity index (χ0) is 30.9. The molecule has 5 amide bonds. The number of rotatable bonds is 20. The molecule has 6 N–H and O–H groups in total. The van der Waals surface area contributed by atoms with Gasteiger partial charge in [0.15, 0.2) is 0 Å². The molecule has 0 rings (SSSR count). The first-order chi connectivity index (χ1) is 18.6. The Balaban J connectivity index is 4.86. The number of nitrogens with one attached hydrogen (secondary N) is 6. The third-order valence-corrected chi connectivity index (χ3v) is 6.16. The van der Waals surface area contributed by atoms with Crippen LogP contribution in [0.5, 0.6) is 0 Å². The third-order valence-electron chi connectivity index (χ3n) is 6.16. The van der Waals surface area contributed by atoms with Gasteiger partial charge in [-0.1, -0.05) is 27.7 Å². The largest absolute Gasteiger partial charge is 0.355 e. The number of nitrogens with zero attached hydrogens (tertiary/aromatic N) is 1. The first-order valence-electron chi connectivity index (χ1n) is 14.4. The van der Waals surface area contributed by atoms with Crippen molar-refractivity contribution in [3.63, 3.8) is 0 Å². The molecule has 0 heterocycles. The topological polar surface area (TPSA) is 161 Å². The SMILES string of the molecule is CCCN(CCC)CCNC(=O)CCNC(=O)C(C)(C)NC(=O)C(C)(C)NC(=O)C(CC(C)C)NC(=O)CNC. The average molecular weight is 570 g/mol. The van der Waals surface area contributed by atoms with E-state index in [9.17, 15) is 24.0 Å². The Morgan fingerprint density at radius 2 is 1.32 bits per heavy atom. The second-order valence-corrected chi connectivity index (χ2v) is 11.7. The van der Waals surface area contributed by atoms with Crippen molar-refractivity contribution in [2.75, 3.05) is 46.3 Å². The van der Waals surface area contributed by atoms with Crippen molar-refractivity contribution in [1.82, 2.24) is 36.8 Å². The molecule has 12 heteroatoms. The molecule has 0 aromatic rings. The predicted molar refractivity (Wildman–Crippen MR) is 157 cm³/mol. The van der Waals surface area contributed by atoms with Crippen molar-refractivity contribution in [1.29, 1.82) is 0 Å². The molecule has 0 aliphatic heterocycles. The van der Waals surface area contributed by atoms with Crippen molar-refractivity contribution < 1.29 is 24.0 Å². The minimum atomic E-state index is -1.36. The van der Waals surface area contributed by atoms with Gasteiger partial charge in [0.05, 0.1) is 6.54 Å². The van der Waals surface area contributed by atoms with Gasteiger partial charge in [-0.3, -0.25) is 24.0 Å². The molecule has 0 aromatic heterocycles. The second-order valence-electron chi connectivity index (χ2n) is 11.7. The minimum absolute atomic E-state index is 0.0627. The molecule has 40 heavy (non-hydrogen) atoms. The number of hydrogen-bond donors (Lipinski definition) is 6. The number of hydrogen-bond acceptors (Lipinski definition) is 7. The van der Waals surface area contributed by atoms with Crippen molar-refractivity contribution in [3.8, 4) is 0 Å². The zero-order valence-corrected chi connectivity index (χ0v) is 26.2. The van der Waals surface area contributed by atoms with Crippen molar-refractivity contribution in [2.24, 2.45) is 5.92 Å². The molecule has 0 fully saturated rings. The summed E-state index contributed by atoms with van der Waals surface area (Å²) in [5.74, 6) is -1.86. The van der Waals surface area contributed by atoms with Crippen molar-refractivity contribution >= 4 is 29.5 Å². The second kappa shape index (κ2) is 18.6. The summed E-state index contributed by atoms with van der Waals surface area (Å²) >= 11 is 0. The molecule has 1 unspecified atom stereocenters. The van der Waals surface area contributed by atoms with Gasteiger partial charge < -0.3 is 36.8 Å². The van der Waals surface area contributed by atoms with E-state index in [0.717, 1.165) is 32.5 Å². The molecule has 0 aromatic carbocycles. The van der Waals surface area contributed by atoms with Gasteiger partial charge in [-0.25, -0.2) is 0 Å². The van der Waals surface area contributed by atoms with Crippen LogP contribution in [0.1, 0.15) is 81.1 Å². The fourth-order valence-corrected chi connectivity index (χ4v) is 3.98. The van der Waals surface area contributed by atoms with Crippen LogP contribution >= 0.6 is 0 Å². The van der Waals surface area contributed by atoms with Gasteiger partial charge in [0.25, 0.3) is 0 Å². The quantitative estimate of drug-likeness (QED) is 0.123. The number of amides is 5. The van der Waals surface area contributed by atoms with E-state index in [1.807, 2.05) is 13.8 Å². The van der Waals surface area contributed by atoms with Gasteiger partial charge in [-0.2, -0.15) is 0 Å². The van der Waals surface area contributed by atoms with Gasteiger partial charge in [-0.05, 0) is 73.0 Å². The Morgan fingerprint density at radius 1 is 0.750 bits per heavy atom. The van der Waals surface area contributed by atoms with E-state index in [1.165, 1.54) is 13.8 Å². The van der Waals surface area contributed by atoms with E-state index in [4.69, 9.17) is 0 Å². The van der Waals surface area contributed by atoms with E-state index in [1.54, 1.807) is 20.9 Å². The highest BCUT2D eigenvalue weighted by Gasteiger charge is 2.38. The Bertz CT molecular complexity index is 824. The van der Waals surface area contributed by atoms with Crippen LogP contribution in [0.4, 0.5) is 0 Å². The Labute approximate surface area is 240 Å². The Morgan fingerprint density at radius 3 is 1.85 bits per heavy atom. The lowest BCUT2D eigenvalue weighted by molar-refractivity contribution is -0.138. The number of likely N-dealkylation sites (N-methyl/N-ethyl adjacent to an activating group) is 1. The highest BCUT2D eigenvalue weighted by Crippen LogP contribution is 2.11. The van der Waals surface area contributed by atoms with Crippen LogP contribution in [-0.4, -0.2) is 97.9 Å². The van der Waals surface area contributed by atoms with E-state index in [-0.39, 0.29) is 37.2 Å². The average Bonchev–Trinajstić information content (AvgIpc) is 2.83. The van der Waals surface area contributed by atoms with E-state index < -0.39 is 34.8 Å². The van der Waals surface area contributed by atoms with Gasteiger partial charge in [0, 0.05) is 26.1 Å². The summed E-state index contributed by atoms with van der Waals surface area (Å²) in [6.45, 7) is 17.8. The zero-order valence-electron chi connectivity index (χ0n) is 26.2. The number of carbonyl (C=O) groups excluding carboxylic acids is 5. The van der Waals surface area contributed by atoms with Crippen LogP contribution in [-0.2, 0) is 24.0 Å². The molecule has 0 spiro atoms. The lowest BCUT2D eigenvalue weighted by atomic mass is 9.97. The maximum Gasteiger partial charge on any atom is 0.246 e. The maximum absolute atomic E-state index is 13.1. The molecule has 0 bridgehead atoms. The van der Waals surface area contributed by atoms with Crippen LogP contribution in [0.3, 0.4) is 0 Å². The predicted octanol–water partition coefficient (Wildman–Crippen LogP) is 0.271. The van der Waals surface area contributed by atoms with Crippen LogP contribution in [0, 0.1) is 5.92 Å². The van der Waals surface area contributed by atoms with E-state index in [0.29, 0.717) is 13.0 Å². The first-order valence-corrected chi connectivity index (χ1v) is 14.4. The Hall–Kier alpha value is -2.73. The summed E-state index contributed by atoms with van der Waals surface area (Å²) < 4.78 is 0. The summed E-state index contributed by atoms with van der Waals surface area (Å²) in [7, 11) is 1.63. The lowest BCUT2D eigenvalue weighted by Crippen LogP contribution is -2.64. The molecule has 0 saturated heterocycles. The highest BCUT2D eigenvalue weighted by atomic mass is 16.2. The lowest BCUT2D eigenvalue weighted by Gasteiger charge is -2.33. The van der Waals surface area contributed by atoms with E-state index in [2.05, 4.69) is 50.6 Å². The van der Waals surface area contributed by atoms with E-state index >= 15 is 0 Å². The summed E-state index contributed by atoms with van der Waals surface area (Å²) in [5, 5.41) is 16.4. The molecular weight excluding hydrogens is 514 g/mol. The van der Waals surface area contributed by atoms with Crippen molar-refractivity contribution in [3.05, 3.63) is 0 Å². The first kappa shape index (κ1) is 37.3. The maximum atomic E-state index is 13.1. The summed E-state index contributed by atoms with van der Waals surface area (Å²) in [6, 6.07) is -0.809. The van der Waals surface area contributed by atoms with Gasteiger partial charge in [-0.15, -0.1) is 0 Å². The molecule has 1 atom stereocenters. The normalized spacial score (nSPS) is 12.6. The fraction of sp³-hybridized carbons (Fsp3) is 0.821. The Kier molecular flexibility index (Phi) is 17.3. The summed E-state index contributed by atoms with van der Waals surface area (Å²) in [4.78, 5) is 65.4. The molecule has 0 radical (unpaired) electrons. The van der Waals surface area contributed by atoms with Crippen LogP contribution < -0.4 is 31.9 Å². The van der Waals surface area contributed by atoms with Crippen molar-refractivity contribution in [2.45, 2.75) is 98.2 Å². The molecule has 0 aliphatic carbocycles. The van der Waals surface area contributed by atoms with Crippen LogP contribution in [0.15, 0.2) is 0 Å². The number of carbonyl (C=O) groups is 5. The minimum Gasteiger partial charge on any atom is -0.355 e. The van der Waals surface area contributed by atoms with Crippen LogP contribution in [0.2, 0.25) is 0 Å². The summed E-state index contributed by atoms with van der Waals surface area (Å²) in [6.07, 6.45) is 2.64. The smallest absolute Gasteiger partial charge is 0.246 e. The molecular formula is C28H55N7O5. The monoisotopic (exact) mass is 569 g/mol. The molecule has 0 aliphatic rings. The van der Waals surface area contributed by atoms with Gasteiger partial charge >= 0.3 is 0 Å². The molecule has 12 nitrogen and oxygen atoms in total. The van der Waals surface area contributed by atoms with Gasteiger partial charge in [0.2, 0.25) is 29.5 Å². The van der Waals surface area contributed by atoms with Crippen LogP contribution in [0.25, 0.3) is 0 Å².